The van der Waals surface area contributed by atoms with Gasteiger partial charge in [-0.3, -0.25) is 4.79 Å². The van der Waals surface area contributed by atoms with Crippen LogP contribution in [0.4, 0.5) is 18.9 Å². The van der Waals surface area contributed by atoms with Gasteiger partial charge < -0.3 is 10.6 Å². The Morgan fingerprint density at radius 2 is 1.81 bits per heavy atom. The third-order valence-corrected chi connectivity index (χ3v) is 4.08. The fraction of sp³-hybridized carbons (Fsp3) is 0.286. The van der Waals surface area contributed by atoms with E-state index >= 15 is 0 Å². The number of amides is 1. The molecule has 0 unspecified atom stereocenters. The van der Waals surface area contributed by atoms with Crippen molar-refractivity contribution in [1.82, 2.24) is 5.32 Å². The van der Waals surface area contributed by atoms with E-state index < -0.39 is 17.5 Å². The van der Waals surface area contributed by atoms with E-state index in [9.17, 15) is 18.0 Å². The summed E-state index contributed by atoms with van der Waals surface area (Å²) >= 11 is 0. The molecule has 144 valence electrons. The molecule has 0 radical (unpaired) electrons. The molecule has 0 spiro atoms. The molecule has 1 amide bonds. The van der Waals surface area contributed by atoms with E-state index in [-0.39, 0.29) is 17.9 Å². The Hall–Kier alpha value is -2.76. The van der Waals surface area contributed by atoms with Gasteiger partial charge in [-0.1, -0.05) is 13.3 Å². The van der Waals surface area contributed by atoms with Crippen molar-refractivity contribution >= 4 is 17.7 Å². The van der Waals surface area contributed by atoms with Crippen LogP contribution >= 0.6 is 0 Å². The van der Waals surface area contributed by atoms with Crippen LogP contribution in [-0.4, -0.2) is 12.5 Å². The maximum atomic E-state index is 13.5. The first kappa shape index (κ1) is 20.6. The lowest BCUT2D eigenvalue weighted by Crippen LogP contribution is -2.20. The van der Waals surface area contributed by atoms with Crippen LogP contribution in [0.1, 0.15) is 36.5 Å². The Bertz CT molecular complexity index is 811. The number of hydrogen-bond donors (Lipinski definition) is 2. The Balaban J connectivity index is 2.00. The molecule has 0 saturated carbocycles. The van der Waals surface area contributed by atoms with Crippen LogP contribution in [0.15, 0.2) is 36.4 Å². The summed E-state index contributed by atoms with van der Waals surface area (Å²) < 4.78 is 40.5. The van der Waals surface area contributed by atoms with E-state index in [4.69, 9.17) is 0 Å². The first-order chi connectivity index (χ1) is 12.9. The Morgan fingerprint density at radius 3 is 2.48 bits per heavy atom. The highest BCUT2D eigenvalue weighted by Crippen LogP contribution is 2.19. The standard InChI is InChI=1S/C21H23F3N2O/c1-3-4-9-25-20-12-17(22)7-5-16(20)6-8-21(27)26-13-15-10-18(23)14(2)19(24)11-15/h5-8,10-12,25H,3-4,9,13H2,1-2H3,(H,26,27)/b8-6+. The summed E-state index contributed by atoms with van der Waals surface area (Å²) in [5.41, 5.74) is 1.57. The maximum absolute atomic E-state index is 13.5. The van der Waals surface area contributed by atoms with Crippen molar-refractivity contribution in [2.45, 2.75) is 33.2 Å². The van der Waals surface area contributed by atoms with E-state index in [1.54, 1.807) is 12.1 Å². The molecular weight excluding hydrogens is 353 g/mol. The van der Waals surface area contributed by atoms with Gasteiger partial charge in [0.25, 0.3) is 0 Å². The van der Waals surface area contributed by atoms with Crippen LogP contribution in [0.25, 0.3) is 6.08 Å². The van der Waals surface area contributed by atoms with Crippen molar-refractivity contribution in [2.75, 3.05) is 11.9 Å². The van der Waals surface area contributed by atoms with Gasteiger partial charge in [-0.2, -0.15) is 0 Å². The lowest BCUT2D eigenvalue weighted by molar-refractivity contribution is -0.116. The lowest BCUT2D eigenvalue weighted by Gasteiger charge is -2.09. The van der Waals surface area contributed by atoms with Crippen molar-refractivity contribution in [3.63, 3.8) is 0 Å². The topological polar surface area (TPSA) is 41.1 Å². The van der Waals surface area contributed by atoms with Crippen molar-refractivity contribution < 1.29 is 18.0 Å². The average Bonchev–Trinajstić information content (AvgIpc) is 2.63. The molecule has 0 bridgehead atoms. The summed E-state index contributed by atoms with van der Waals surface area (Å²) in [6.45, 7) is 4.12. The predicted octanol–water partition coefficient (Wildman–Crippen LogP) is 4.95. The van der Waals surface area contributed by atoms with Crippen molar-refractivity contribution in [1.29, 1.82) is 0 Å². The van der Waals surface area contributed by atoms with E-state index in [0.717, 1.165) is 12.8 Å². The number of nitrogens with one attached hydrogen (secondary N) is 2. The molecule has 0 aliphatic carbocycles. The smallest absolute Gasteiger partial charge is 0.244 e. The van der Waals surface area contributed by atoms with Crippen molar-refractivity contribution in [2.24, 2.45) is 0 Å². The second-order valence-corrected chi connectivity index (χ2v) is 6.25. The van der Waals surface area contributed by atoms with Gasteiger partial charge in [0, 0.05) is 30.4 Å². The molecule has 3 nitrogen and oxygen atoms in total. The number of anilines is 1. The first-order valence-electron chi connectivity index (χ1n) is 8.84. The van der Waals surface area contributed by atoms with Crippen LogP contribution in [-0.2, 0) is 11.3 Å². The average molecular weight is 376 g/mol. The van der Waals surface area contributed by atoms with Crippen molar-refractivity contribution in [3.8, 4) is 0 Å². The molecule has 2 rings (SSSR count). The lowest BCUT2D eigenvalue weighted by atomic mass is 10.1. The zero-order valence-corrected chi connectivity index (χ0v) is 15.4. The minimum Gasteiger partial charge on any atom is -0.384 e. The fourth-order valence-corrected chi connectivity index (χ4v) is 2.44. The third-order valence-electron chi connectivity index (χ3n) is 4.08. The molecule has 2 aromatic carbocycles. The number of rotatable bonds is 8. The van der Waals surface area contributed by atoms with Crippen LogP contribution in [0.2, 0.25) is 0 Å². The normalized spacial score (nSPS) is 11.0. The van der Waals surface area contributed by atoms with E-state index in [1.807, 2.05) is 0 Å². The van der Waals surface area contributed by atoms with Gasteiger partial charge in [0.1, 0.15) is 17.5 Å². The van der Waals surface area contributed by atoms with Gasteiger partial charge in [0.05, 0.1) is 0 Å². The largest absolute Gasteiger partial charge is 0.384 e. The van der Waals surface area contributed by atoms with Crippen LogP contribution < -0.4 is 10.6 Å². The minimum absolute atomic E-state index is 0.00230. The van der Waals surface area contributed by atoms with E-state index in [1.165, 1.54) is 37.3 Å². The summed E-state index contributed by atoms with van der Waals surface area (Å²) in [7, 11) is 0. The monoisotopic (exact) mass is 376 g/mol. The number of benzene rings is 2. The fourth-order valence-electron chi connectivity index (χ4n) is 2.44. The highest BCUT2D eigenvalue weighted by Gasteiger charge is 2.07. The quantitative estimate of drug-likeness (QED) is 0.505. The molecule has 0 atom stereocenters. The maximum Gasteiger partial charge on any atom is 0.244 e. The molecule has 2 aromatic rings. The number of hydrogen-bond acceptors (Lipinski definition) is 2. The second-order valence-electron chi connectivity index (χ2n) is 6.25. The predicted molar refractivity (Wildman–Crippen MR) is 102 cm³/mol. The van der Waals surface area contributed by atoms with E-state index in [0.29, 0.717) is 23.4 Å². The van der Waals surface area contributed by atoms with E-state index in [2.05, 4.69) is 17.6 Å². The minimum atomic E-state index is -0.649. The SMILES string of the molecule is CCCCNc1cc(F)ccc1/C=C/C(=O)NCc1cc(F)c(C)c(F)c1. The summed E-state index contributed by atoms with van der Waals surface area (Å²) in [6, 6.07) is 6.67. The second kappa shape index (κ2) is 9.80. The zero-order chi connectivity index (χ0) is 19.8. The molecule has 0 aliphatic rings. The van der Waals surface area contributed by atoms with Gasteiger partial charge in [0.15, 0.2) is 0 Å². The third kappa shape index (κ3) is 6.16. The molecular formula is C21H23F3N2O. The Morgan fingerprint density at radius 1 is 1.11 bits per heavy atom. The number of unbranched alkanes of at least 4 members (excludes halogenated alkanes) is 1. The summed E-state index contributed by atoms with van der Waals surface area (Å²) in [4.78, 5) is 12.0. The number of carbonyl (C=O) groups is 1. The van der Waals surface area contributed by atoms with Crippen molar-refractivity contribution in [3.05, 3.63) is 70.5 Å². The molecule has 27 heavy (non-hydrogen) atoms. The molecule has 6 heteroatoms. The van der Waals surface area contributed by atoms with Gasteiger partial charge >= 0.3 is 0 Å². The molecule has 0 heterocycles. The summed E-state index contributed by atoms with van der Waals surface area (Å²) in [6.07, 6.45) is 4.83. The Labute approximate surface area is 157 Å². The van der Waals surface area contributed by atoms with Gasteiger partial charge in [-0.25, -0.2) is 13.2 Å². The van der Waals surface area contributed by atoms with Gasteiger partial charge in [-0.15, -0.1) is 0 Å². The molecule has 0 saturated heterocycles. The first-order valence-corrected chi connectivity index (χ1v) is 8.84. The van der Waals surface area contributed by atoms with Crippen LogP contribution in [0, 0.1) is 24.4 Å². The highest BCUT2D eigenvalue weighted by atomic mass is 19.1. The zero-order valence-electron chi connectivity index (χ0n) is 15.4. The number of halogens is 3. The molecule has 0 aromatic heterocycles. The van der Waals surface area contributed by atoms with Gasteiger partial charge in [0.2, 0.25) is 5.91 Å². The highest BCUT2D eigenvalue weighted by molar-refractivity contribution is 5.92. The number of carbonyl (C=O) groups excluding carboxylic acids is 1. The molecule has 2 N–H and O–H groups in total. The Kier molecular flexibility index (Phi) is 7.46. The van der Waals surface area contributed by atoms with Crippen LogP contribution in [0.5, 0.6) is 0 Å². The molecule has 0 aliphatic heterocycles. The summed E-state index contributed by atoms with van der Waals surface area (Å²) in [5.74, 6) is -2.08. The van der Waals surface area contributed by atoms with Gasteiger partial charge in [-0.05, 0) is 60.9 Å². The molecule has 0 fully saturated rings. The summed E-state index contributed by atoms with van der Waals surface area (Å²) in [5, 5.41) is 5.72. The van der Waals surface area contributed by atoms with Crippen LogP contribution in [0.3, 0.4) is 0 Å².